The molecule has 21 heavy (non-hydrogen) atoms. The Morgan fingerprint density at radius 3 is 2.57 bits per heavy atom. The van der Waals surface area contributed by atoms with E-state index in [0.717, 1.165) is 18.8 Å². The molecular formula is C13H13Cl2N5O. The molecule has 0 aliphatic carbocycles. The Morgan fingerprint density at radius 1 is 1.05 bits per heavy atom. The molecule has 2 heterocycles. The Hall–Kier alpha value is -1.63. The van der Waals surface area contributed by atoms with E-state index < -0.39 is 0 Å². The number of halogens is 2. The van der Waals surface area contributed by atoms with Gasteiger partial charge in [0.1, 0.15) is 0 Å². The van der Waals surface area contributed by atoms with Gasteiger partial charge in [0, 0.05) is 13.1 Å². The maximum atomic E-state index is 6.11. The summed E-state index contributed by atoms with van der Waals surface area (Å²) in [6, 6.07) is 7.36. The van der Waals surface area contributed by atoms with Crippen molar-refractivity contribution < 1.29 is 4.74 Å². The van der Waals surface area contributed by atoms with Crippen LogP contribution in [0.25, 0.3) is 0 Å². The van der Waals surface area contributed by atoms with Crippen LogP contribution < -0.4 is 10.2 Å². The molecule has 1 N–H and O–H groups in total. The van der Waals surface area contributed by atoms with Gasteiger partial charge in [-0.15, -0.1) is 0 Å². The van der Waals surface area contributed by atoms with Crippen LogP contribution in [0.5, 0.6) is 0 Å². The number of aromatic nitrogens is 3. The van der Waals surface area contributed by atoms with Crippen LogP contribution in [0, 0.1) is 0 Å². The topological polar surface area (TPSA) is 63.2 Å². The van der Waals surface area contributed by atoms with Crippen molar-refractivity contribution in [2.24, 2.45) is 0 Å². The largest absolute Gasteiger partial charge is 0.378 e. The van der Waals surface area contributed by atoms with Gasteiger partial charge in [0.2, 0.25) is 17.2 Å². The minimum atomic E-state index is 0.140. The van der Waals surface area contributed by atoms with Crippen LogP contribution in [-0.2, 0) is 4.74 Å². The molecule has 0 bridgehead atoms. The van der Waals surface area contributed by atoms with Gasteiger partial charge in [0.15, 0.2) is 0 Å². The van der Waals surface area contributed by atoms with E-state index in [4.69, 9.17) is 27.9 Å². The van der Waals surface area contributed by atoms with Gasteiger partial charge in [-0.3, -0.25) is 0 Å². The van der Waals surface area contributed by atoms with Crippen molar-refractivity contribution in [1.29, 1.82) is 0 Å². The summed E-state index contributed by atoms with van der Waals surface area (Å²) in [7, 11) is 0. The Kier molecular flexibility index (Phi) is 4.38. The van der Waals surface area contributed by atoms with E-state index in [2.05, 4.69) is 20.3 Å². The molecule has 1 aliphatic rings. The van der Waals surface area contributed by atoms with E-state index in [-0.39, 0.29) is 5.28 Å². The van der Waals surface area contributed by atoms with E-state index >= 15 is 0 Å². The molecule has 2 aromatic rings. The van der Waals surface area contributed by atoms with E-state index in [1.807, 2.05) is 23.1 Å². The summed E-state index contributed by atoms with van der Waals surface area (Å²) in [5.74, 6) is 0.900. The normalized spacial score (nSPS) is 15.0. The summed E-state index contributed by atoms with van der Waals surface area (Å²) in [4.78, 5) is 14.6. The maximum absolute atomic E-state index is 6.11. The number of ether oxygens (including phenoxy) is 1. The van der Waals surface area contributed by atoms with Gasteiger partial charge in [-0.25, -0.2) is 0 Å². The first-order chi connectivity index (χ1) is 10.2. The van der Waals surface area contributed by atoms with E-state index in [0.29, 0.717) is 30.1 Å². The van der Waals surface area contributed by atoms with Crippen molar-refractivity contribution in [2.45, 2.75) is 0 Å². The zero-order chi connectivity index (χ0) is 14.7. The molecule has 0 atom stereocenters. The fourth-order valence-corrected chi connectivity index (χ4v) is 2.32. The second kappa shape index (κ2) is 6.43. The Balaban J connectivity index is 1.85. The number of para-hydroxylation sites is 1. The molecule has 1 aromatic heterocycles. The minimum absolute atomic E-state index is 0.140. The SMILES string of the molecule is Clc1nc(Nc2ccccc2Cl)nc(N2CCOCC2)n1. The van der Waals surface area contributed by atoms with Crippen LogP contribution in [0.4, 0.5) is 17.6 Å². The van der Waals surface area contributed by atoms with Gasteiger partial charge < -0.3 is 15.0 Å². The van der Waals surface area contributed by atoms with Crippen molar-refractivity contribution in [3.05, 3.63) is 34.6 Å². The average Bonchev–Trinajstić information content (AvgIpc) is 2.50. The number of benzene rings is 1. The van der Waals surface area contributed by atoms with E-state index in [1.165, 1.54) is 0 Å². The predicted octanol–water partition coefficient (Wildman–Crippen LogP) is 2.76. The number of hydrogen-bond donors (Lipinski definition) is 1. The molecule has 0 amide bonds. The highest BCUT2D eigenvalue weighted by molar-refractivity contribution is 6.33. The van der Waals surface area contributed by atoms with Crippen LogP contribution in [0.2, 0.25) is 10.3 Å². The summed E-state index contributed by atoms with van der Waals surface area (Å²) in [6.07, 6.45) is 0. The number of rotatable bonds is 3. The molecule has 0 spiro atoms. The first-order valence-corrected chi connectivity index (χ1v) is 7.24. The molecule has 8 heteroatoms. The molecule has 1 saturated heterocycles. The Bertz CT molecular complexity index is 634. The van der Waals surface area contributed by atoms with Crippen LogP contribution in [0.3, 0.4) is 0 Å². The van der Waals surface area contributed by atoms with Crippen LogP contribution in [0.15, 0.2) is 24.3 Å². The van der Waals surface area contributed by atoms with Crippen molar-refractivity contribution in [3.63, 3.8) is 0 Å². The number of morpholine rings is 1. The van der Waals surface area contributed by atoms with Gasteiger partial charge in [-0.05, 0) is 23.7 Å². The highest BCUT2D eigenvalue weighted by atomic mass is 35.5. The molecule has 6 nitrogen and oxygen atoms in total. The molecule has 0 saturated carbocycles. The molecule has 110 valence electrons. The fraction of sp³-hybridized carbons (Fsp3) is 0.308. The molecule has 3 rings (SSSR count). The third kappa shape index (κ3) is 3.53. The lowest BCUT2D eigenvalue weighted by Gasteiger charge is -2.26. The molecule has 1 fully saturated rings. The zero-order valence-corrected chi connectivity index (χ0v) is 12.6. The smallest absolute Gasteiger partial charge is 0.233 e. The third-order valence-corrected chi connectivity index (χ3v) is 3.51. The van der Waals surface area contributed by atoms with Gasteiger partial charge in [0.05, 0.1) is 23.9 Å². The first kappa shape index (κ1) is 14.3. The number of nitrogens with one attached hydrogen (secondary N) is 1. The molecule has 0 radical (unpaired) electrons. The van der Waals surface area contributed by atoms with Gasteiger partial charge >= 0.3 is 0 Å². The van der Waals surface area contributed by atoms with E-state index in [1.54, 1.807) is 6.07 Å². The lowest BCUT2D eigenvalue weighted by molar-refractivity contribution is 0.122. The molecule has 1 aromatic carbocycles. The van der Waals surface area contributed by atoms with Crippen LogP contribution >= 0.6 is 23.2 Å². The standard InChI is InChI=1S/C13H13Cl2N5O/c14-9-3-1-2-4-10(9)16-12-17-11(15)18-13(19-12)20-5-7-21-8-6-20/h1-4H,5-8H2,(H,16,17,18,19). The summed E-state index contributed by atoms with van der Waals surface area (Å²) in [6.45, 7) is 2.75. The number of hydrogen-bond acceptors (Lipinski definition) is 6. The Labute approximate surface area is 132 Å². The van der Waals surface area contributed by atoms with Crippen molar-refractivity contribution in [1.82, 2.24) is 15.0 Å². The molecule has 1 aliphatic heterocycles. The highest BCUT2D eigenvalue weighted by Crippen LogP contribution is 2.24. The summed E-state index contributed by atoms with van der Waals surface area (Å²) < 4.78 is 5.31. The maximum Gasteiger partial charge on any atom is 0.233 e. The average molecular weight is 326 g/mol. The van der Waals surface area contributed by atoms with Crippen molar-refractivity contribution in [2.75, 3.05) is 36.5 Å². The molecular weight excluding hydrogens is 313 g/mol. The summed E-state index contributed by atoms with van der Waals surface area (Å²) >= 11 is 12.1. The predicted molar refractivity (Wildman–Crippen MR) is 82.6 cm³/mol. The highest BCUT2D eigenvalue weighted by Gasteiger charge is 2.16. The quantitative estimate of drug-likeness (QED) is 0.936. The lowest BCUT2D eigenvalue weighted by atomic mass is 10.3. The van der Waals surface area contributed by atoms with Gasteiger partial charge in [-0.1, -0.05) is 23.7 Å². The second-order valence-electron chi connectivity index (χ2n) is 4.43. The van der Waals surface area contributed by atoms with Crippen LogP contribution in [-0.4, -0.2) is 41.3 Å². The van der Waals surface area contributed by atoms with E-state index in [9.17, 15) is 0 Å². The summed E-state index contributed by atoms with van der Waals surface area (Å²) in [5, 5.41) is 3.78. The van der Waals surface area contributed by atoms with Gasteiger partial charge in [-0.2, -0.15) is 15.0 Å². The summed E-state index contributed by atoms with van der Waals surface area (Å²) in [5.41, 5.74) is 0.717. The Morgan fingerprint density at radius 2 is 1.81 bits per heavy atom. The number of anilines is 3. The lowest BCUT2D eigenvalue weighted by Crippen LogP contribution is -2.37. The number of nitrogens with zero attached hydrogens (tertiary/aromatic N) is 4. The second-order valence-corrected chi connectivity index (χ2v) is 5.18. The fourth-order valence-electron chi connectivity index (χ4n) is 1.98. The van der Waals surface area contributed by atoms with Crippen molar-refractivity contribution in [3.8, 4) is 0 Å². The van der Waals surface area contributed by atoms with Gasteiger partial charge in [0.25, 0.3) is 0 Å². The first-order valence-electron chi connectivity index (χ1n) is 6.48. The minimum Gasteiger partial charge on any atom is -0.378 e. The third-order valence-electron chi connectivity index (χ3n) is 3.01. The van der Waals surface area contributed by atoms with Crippen LogP contribution in [0.1, 0.15) is 0 Å². The molecule has 0 unspecified atom stereocenters. The zero-order valence-electron chi connectivity index (χ0n) is 11.1. The monoisotopic (exact) mass is 325 g/mol. The van der Waals surface area contributed by atoms with Crippen molar-refractivity contribution >= 4 is 40.8 Å².